The summed E-state index contributed by atoms with van der Waals surface area (Å²) in [5.41, 5.74) is 2.03. The van der Waals surface area contributed by atoms with Crippen molar-refractivity contribution in [3.05, 3.63) is 71.0 Å². The maximum absolute atomic E-state index is 12.2. The van der Waals surface area contributed by atoms with Crippen LogP contribution in [0.15, 0.2) is 69.1 Å². The van der Waals surface area contributed by atoms with E-state index in [-0.39, 0.29) is 11.4 Å². The van der Waals surface area contributed by atoms with E-state index in [4.69, 9.17) is 9.83 Å². The fourth-order valence-electron chi connectivity index (χ4n) is 2.43. The SMILES string of the molecule is N=C1C(=Cc2ccco2)C(=O)N=C2SC=C(c3ccccc3)N12. The standard InChI is InChI=1S/C17H11N3O2S/c18-15-13(9-12-7-4-8-22-12)16(21)19-17-20(15)14(10-23-17)11-5-2-1-3-6-11/h1-10,18H. The average Bonchev–Trinajstić information content (AvgIpc) is 3.21. The minimum absolute atomic E-state index is 0.108. The highest BCUT2D eigenvalue weighted by Gasteiger charge is 2.36. The van der Waals surface area contributed by atoms with Gasteiger partial charge in [0.2, 0.25) is 0 Å². The van der Waals surface area contributed by atoms with Crippen molar-refractivity contribution in [2.24, 2.45) is 4.99 Å². The van der Waals surface area contributed by atoms with E-state index in [0.717, 1.165) is 11.3 Å². The van der Waals surface area contributed by atoms with Crippen LogP contribution in [0.4, 0.5) is 0 Å². The molecule has 0 atom stereocenters. The van der Waals surface area contributed by atoms with E-state index >= 15 is 0 Å². The van der Waals surface area contributed by atoms with Gasteiger partial charge in [-0.2, -0.15) is 4.99 Å². The van der Waals surface area contributed by atoms with Crippen LogP contribution in [0.2, 0.25) is 0 Å². The summed E-state index contributed by atoms with van der Waals surface area (Å²) in [4.78, 5) is 18.0. The largest absolute Gasteiger partial charge is 0.465 e. The number of nitrogens with one attached hydrogen (secondary N) is 1. The molecule has 0 saturated carbocycles. The summed E-state index contributed by atoms with van der Waals surface area (Å²) >= 11 is 1.35. The van der Waals surface area contributed by atoms with Crippen molar-refractivity contribution in [3.8, 4) is 0 Å². The summed E-state index contributed by atoms with van der Waals surface area (Å²) in [5.74, 6) is 0.207. The molecule has 5 nitrogen and oxygen atoms in total. The Labute approximate surface area is 136 Å². The number of amides is 1. The molecule has 1 amide bonds. The predicted octanol–water partition coefficient (Wildman–Crippen LogP) is 3.58. The Morgan fingerprint density at radius 3 is 2.74 bits per heavy atom. The number of thioether (sulfide) groups is 1. The third-order valence-corrected chi connectivity index (χ3v) is 4.34. The van der Waals surface area contributed by atoms with Crippen LogP contribution in [0.1, 0.15) is 11.3 Å². The Morgan fingerprint density at radius 1 is 1.17 bits per heavy atom. The first-order chi connectivity index (χ1) is 11.2. The molecule has 0 spiro atoms. The number of hydrogen-bond acceptors (Lipinski definition) is 4. The van der Waals surface area contributed by atoms with Crippen LogP contribution in [0.3, 0.4) is 0 Å². The van der Waals surface area contributed by atoms with Gasteiger partial charge in [0.25, 0.3) is 5.91 Å². The van der Waals surface area contributed by atoms with Crippen LogP contribution in [-0.4, -0.2) is 21.8 Å². The first-order valence-electron chi connectivity index (χ1n) is 6.93. The normalized spacial score (nSPS) is 19.0. The van der Waals surface area contributed by atoms with Crippen LogP contribution in [0.25, 0.3) is 11.8 Å². The van der Waals surface area contributed by atoms with Crippen molar-refractivity contribution in [1.82, 2.24) is 4.90 Å². The molecule has 2 aromatic rings. The van der Waals surface area contributed by atoms with E-state index in [1.807, 2.05) is 35.7 Å². The zero-order chi connectivity index (χ0) is 15.8. The summed E-state index contributed by atoms with van der Waals surface area (Å²) in [6.45, 7) is 0. The quantitative estimate of drug-likeness (QED) is 0.858. The maximum Gasteiger partial charge on any atom is 0.283 e. The lowest BCUT2D eigenvalue weighted by Crippen LogP contribution is -2.37. The van der Waals surface area contributed by atoms with Gasteiger partial charge < -0.3 is 4.42 Å². The van der Waals surface area contributed by atoms with Gasteiger partial charge in [-0.25, -0.2) is 0 Å². The molecule has 1 aromatic heterocycles. The smallest absolute Gasteiger partial charge is 0.283 e. The summed E-state index contributed by atoms with van der Waals surface area (Å²) in [6.07, 6.45) is 3.08. The minimum Gasteiger partial charge on any atom is -0.465 e. The molecule has 0 fully saturated rings. The second-order valence-corrected chi connectivity index (χ2v) is 5.78. The third-order valence-electron chi connectivity index (χ3n) is 3.51. The van der Waals surface area contributed by atoms with Gasteiger partial charge in [-0.05, 0) is 23.8 Å². The van der Waals surface area contributed by atoms with E-state index in [1.54, 1.807) is 23.1 Å². The molecule has 2 aliphatic heterocycles. The molecule has 0 saturated heterocycles. The van der Waals surface area contributed by atoms with Gasteiger partial charge in [-0.3, -0.25) is 15.1 Å². The van der Waals surface area contributed by atoms with Gasteiger partial charge in [0, 0.05) is 5.41 Å². The van der Waals surface area contributed by atoms with Crippen molar-refractivity contribution in [3.63, 3.8) is 0 Å². The molecule has 0 aliphatic carbocycles. The average molecular weight is 321 g/mol. The van der Waals surface area contributed by atoms with E-state index in [2.05, 4.69) is 4.99 Å². The maximum atomic E-state index is 12.2. The zero-order valence-electron chi connectivity index (χ0n) is 11.9. The Hall–Kier alpha value is -2.86. The Morgan fingerprint density at radius 2 is 2.00 bits per heavy atom. The van der Waals surface area contributed by atoms with Gasteiger partial charge in [0.1, 0.15) is 11.6 Å². The number of carbonyl (C=O) groups excluding carboxylic acids is 1. The molecule has 0 bridgehead atoms. The molecule has 4 rings (SSSR count). The van der Waals surface area contributed by atoms with E-state index in [1.165, 1.54) is 18.0 Å². The second-order valence-electron chi connectivity index (χ2n) is 4.94. The van der Waals surface area contributed by atoms with Gasteiger partial charge in [-0.1, -0.05) is 42.1 Å². The molecule has 1 aromatic carbocycles. The van der Waals surface area contributed by atoms with Crippen molar-refractivity contribution in [1.29, 1.82) is 5.41 Å². The lowest BCUT2D eigenvalue weighted by Gasteiger charge is -2.26. The number of benzene rings is 1. The Bertz CT molecular complexity index is 880. The first kappa shape index (κ1) is 13.8. The van der Waals surface area contributed by atoms with Gasteiger partial charge >= 0.3 is 0 Å². The summed E-state index contributed by atoms with van der Waals surface area (Å²) < 4.78 is 5.24. The highest BCUT2D eigenvalue weighted by Crippen LogP contribution is 2.37. The lowest BCUT2D eigenvalue weighted by atomic mass is 10.1. The molecular formula is C17H11N3O2S. The summed E-state index contributed by atoms with van der Waals surface area (Å²) in [5, 5.41) is 10.9. The Balaban J connectivity index is 1.76. The fraction of sp³-hybridized carbons (Fsp3) is 0. The minimum atomic E-state index is -0.423. The summed E-state index contributed by atoms with van der Waals surface area (Å²) in [6, 6.07) is 13.2. The molecule has 2 aliphatic rings. The van der Waals surface area contributed by atoms with E-state index < -0.39 is 5.91 Å². The zero-order valence-corrected chi connectivity index (χ0v) is 12.7. The van der Waals surface area contributed by atoms with Crippen LogP contribution in [0.5, 0.6) is 0 Å². The van der Waals surface area contributed by atoms with Crippen LogP contribution in [-0.2, 0) is 4.79 Å². The first-order valence-corrected chi connectivity index (χ1v) is 7.81. The van der Waals surface area contributed by atoms with Crippen LogP contribution >= 0.6 is 11.8 Å². The molecule has 6 heteroatoms. The number of amidine groups is 2. The molecule has 23 heavy (non-hydrogen) atoms. The van der Waals surface area contributed by atoms with E-state index in [9.17, 15) is 4.79 Å². The third kappa shape index (κ3) is 2.33. The van der Waals surface area contributed by atoms with Gasteiger partial charge in [-0.15, -0.1) is 0 Å². The number of rotatable bonds is 2. The Kier molecular flexibility index (Phi) is 3.24. The van der Waals surface area contributed by atoms with Crippen molar-refractivity contribution in [2.45, 2.75) is 0 Å². The van der Waals surface area contributed by atoms with Crippen LogP contribution < -0.4 is 0 Å². The molecule has 3 heterocycles. The number of nitrogens with zero attached hydrogens (tertiary/aromatic N) is 2. The van der Waals surface area contributed by atoms with Crippen molar-refractivity contribution in [2.75, 3.05) is 0 Å². The molecular weight excluding hydrogens is 310 g/mol. The molecule has 1 N–H and O–H groups in total. The highest BCUT2D eigenvalue weighted by molar-refractivity contribution is 8.17. The number of furan rings is 1. The number of aliphatic imine (C=N–C) groups is 1. The molecule has 0 radical (unpaired) electrons. The van der Waals surface area contributed by atoms with Crippen molar-refractivity contribution >= 4 is 40.4 Å². The number of fused-ring (bicyclic) bond motifs is 1. The number of hydrogen-bond donors (Lipinski definition) is 1. The molecule has 0 unspecified atom stereocenters. The topological polar surface area (TPSA) is 69.7 Å². The van der Waals surface area contributed by atoms with E-state index in [0.29, 0.717) is 10.9 Å². The lowest BCUT2D eigenvalue weighted by molar-refractivity contribution is -0.114. The van der Waals surface area contributed by atoms with Gasteiger partial charge in [0.05, 0.1) is 17.5 Å². The predicted molar refractivity (Wildman–Crippen MR) is 90.7 cm³/mol. The monoisotopic (exact) mass is 321 g/mol. The molecule has 112 valence electrons. The van der Waals surface area contributed by atoms with Crippen molar-refractivity contribution < 1.29 is 9.21 Å². The second kappa shape index (κ2) is 5.40. The number of carbonyl (C=O) groups is 1. The van der Waals surface area contributed by atoms with Gasteiger partial charge in [0.15, 0.2) is 5.17 Å². The van der Waals surface area contributed by atoms with Crippen LogP contribution in [0, 0.1) is 5.41 Å². The highest BCUT2D eigenvalue weighted by atomic mass is 32.2. The summed E-state index contributed by atoms with van der Waals surface area (Å²) in [7, 11) is 0. The fourth-order valence-corrected chi connectivity index (χ4v) is 3.32.